The first kappa shape index (κ1) is 23.2. The summed E-state index contributed by atoms with van der Waals surface area (Å²) in [6.45, 7) is 13.3. The van der Waals surface area contributed by atoms with Gasteiger partial charge < -0.3 is 9.16 Å². The van der Waals surface area contributed by atoms with Crippen LogP contribution in [0.2, 0.25) is 18.1 Å². The van der Waals surface area contributed by atoms with Gasteiger partial charge in [-0.25, -0.2) is 9.18 Å². The fraction of sp³-hybridized carbons (Fsp3) is 0.684. The highest BCUT2D eigenvalue weighted by molar-refractivity contribution is 9.09. The summed E-state index contributed by atoms with van der Waals surface area (Å²) < 4.78 is 24.8. The van der Waals surface area contributed by atoms with E-state index < -0.39 is 14.3 Å². The van der Waals surface area contributed by atoms with E-state index in [1.807, 2.05) is 0 Å². The third-order valence-electron chi connectivity index (χ3n) is 4.80. The topological polar surface area (TPSA) is 47.9 Å². The van der Waals surface area contributed by atoms with Crippen LogP contribution in [-0.2, 0) is 14.0 Å². The molecular weight excluding hydrogens is 417 g/mol. The molecule has 7 heteroatoms. The van der Waals surface area contributed by atoms with E-state index in [1.165, 1.54) is 12.2 Å². The van der Waals surface area contributed by atoms with Crippen molar-refractivity contribution in [3.8, 4) is 0 Å². The summed E-state index contributed by atoms with van der Waals surface area (Å²) in [7, 11) is -1.94. The largest absolute Gasteiger partial charge is 0.462 e. The Balaban J connectivity index is 2.94. The molecule has 0 aliphatic heterocycles. The van der Waals surface area contributed by atoms with Crippen LogP contribution in [0.25, 0.3) is 0 Å². The van der Waals surface area contributed by atoms with Gasteiger partial charge in [0.1, 0.15) is 11.5 Å². The molecule has 0 aromatic rings. The van der Waals surface area contributed by atoms with Gasteiger partial charge in [0.05, 0.1) is 19.3 Å². The summed E-state index contributed by atoms with van der Waals surface area (Å²) in [6, 6.07) is 0. The number of carbonyl (C=O) groups is 1. The van der Waals surface area contributed by atoms with Gasteiger partial charge in [-0.2, -0.15) is 0 Å². The molecule has 1 rings (SSSR count). The predicted molar refractivity (Wildman–Crippen MR) is 111 cm³/mol. The third-order valence-corrected chi connectivity index (χ3v) is 10.1. The van der Waals surface area contributed by atoms with Gasteiger partial charge in [0, 0.05) is 11.2 Å². The van der Waals surface area contributed by atoms with Gasteiger partial charge in [-0.1, -0.05) is 42.8 Å². The molecule has 0 saturated heterocycles. The summed E-state index contributed by atoms with van der Waals surface area (Å²) in [6.07, 6.45) is 4.79. The van der Waals surface area contributed by atoms with E-state index in [4.69, 9.17) is 9.16 Å². The minimum absolute atomic E-state index is 0.0928. The monoisotopic (exact) mass is 447 g/mol. The molecule has 0 saturated carbocycles. The van der Waals surface area contributed by atoms with Crippen molar-refractivity contribution in [2.24, 2.45) is 10.9 Å². The Hall–Kier alpha value is -0.793. The van der Waals surface area contributed by atoms with Crippen molar-refractivity contribution in [3.05, 3.63) is 24.1 Å². The molecule has 0 aromatic heterocycles. The second-order valence-electron chi connectivity index (χ2n) is 7.89. The smallest absolute Gasteiger partial charge is 0.352 e. The lowest BCUT2D eigenvalue weighted by Gasteiger charge is -2.38. The molecule has 1 aliphatic rings. The van der Waals surface area contributed by atoms with Crippen LogP contribution >= 0.6 is 15.9 Å². The van der Waals surface area contributed by atoms with Crippen LogP contribution in [0.15, 0.2) is 29.0 Å². The molecule has 0 N–H and O–H groups in total. The summed E-state index contributed by atoms with van der Waals surface area (Å²) in [4.78, 5) is 16.9. The highest BCUT2D eigenvalue weighted by Gasteiger charge is 2.39. The van der Waals surface area contributed by atoms with Crippen molar-refractivity contribution in [1.82, 2.24) is 0 Å². The number of hydrogen-bond acceptors (Lipinski definition) is 4. The molecular formula is C19H31BrFNO3Si. The lowest BCUT2D eigenvalue weighted by Crippen LogP contribution is -2.45. The molecule has 148 valence electrons. The molecule has 26 heavy (non-hydrogen) atoms. The molecule has 0 aromatic carbocycles. The van der Waals surface area contributed by atoms with Crippen molar-refractivity contribution >= 4 is 35.9 Å². The predicted octanol–water partition coefficient (Wildman–Crippen LogP) is 5.21. The molecule has 0 radical (unpaired) electrons. The minimum atomic E-state index is -1.94. The molecule has 0 amide bonds. The number of ether oxygens (including phenoxy) is 1. The van der Waals surface area contributed by atoms with E-state index in [0.717, 1.165) is 0 Å². The van der Waals surface area contributed by atoms with Gasteiger partial charge in [-0.15, -0.1) is 0 Å². The van der Waals surface area contributed by atoms with E-state index in [2.05, 4.69) is 54.8 Å². The molecule has 0 heterocycles. The quantitative estimate of drug-likeness (QED) is 0.222. The van der Waals surface area contributed by atoms with Gasteiger partial charge in [0.2, 0.25) is 0 Å². The van der Waals surface area contributed by atoms with Crippen LogP contribution in [0.4, 0.5) is 4.39 Å². The Morgan fingerprint density at radius 3 is 2.58 bits per heavy atom. The normalized spacial score (nSPS) is 19.9. The second-order valence-corrected chi connectivity index (χ2v) is 13.3. The zero-order valence-electron chi connectivity index (χ0n) is 16.6. The second kappa shape index (κ2) is 9.94. The van der Waals surface area contributed by atoms with Gasteiger partial charge in [0.25, 0.3) is 0 Å². The molecule has 0 spiro atoms. The highest BCUT2D eigenvalue weighted by Crippen LogP contribution is 2.37. The third kappa shape index (κ3) is 6.74. The Labute approximate surface area is 166 Å². The lowest BCUT2D eigenvalue weighted by molar-refractivity contribution is -0.135. The minimum Gasteiger partial charge on any atom is -0.462 e. The van der Waals surface area contributed by atoms with Gasteiger partial charge in [0.15, 0.2) is 8.32 Å². The van der Waals surface area contributed by atoms with Gasteiger partial charge in [-0.3, -0.25) is 4.99 Å². The molecule has 2 atom stereocenters. The number of esters is 1. The maximum Gasteiger partial charge on any atom is 0.352 e. The van der Waals surface area contributed by atoms with E-state index in [1.54, 1.807) is 13.0 Å². The van der Waals surface area contributed by atoms with Crippen LogP contribution in [0.5, 0.6) is 0 Å². The number of alkyl halides is 1. The van der Waals surface area contributed by atoms with Crippen LogP contribution in [0.1, 0.15) is 34.1 Å². The highest BCUT2D eigenvalue weighted by atomic mass is 79.9. The van der Waals surface area contributed by atoms with Crippen LogP contribution in [0.3, 0.4) is 0 Å². The lowest BCUT2D eigenvalue weighted by atomic mass is 9.95. The first-order valence-corrected chi connectivity index (χ1v) is 13.0. The standard InChI is InChI=1S/C19H31BrFNO3Si/c1-7-24-18(23)17(14-8-10-15(21)11-9-14)22-13-16(12-20)25-26(5,6)19(2,3)4/h8,10-11,14,16H,7,9,12-13H2,1-6H3/b22-17+/t14?,16-/m0/s1. The van der Waals surface area contributed by atoms with E-state index in [-0.39, 0.29) is 29.5 Å². The van der Waals surface area contributed by atoms with E-state index >= 15 is 0 Å². The Morgan fingerprint density at radius 1 is 1.46 bits per heavy atom. The number of halogens is 2. The van der Waals surface area contributed by atoms with Gasteiger partial charge >= 0.3 is 5.97 Å². The number of aliphatic imine (C=N–C) groups is 1. The molecule has 0 fully saturated rings. The molecule has 1 unspecified atom stereocenters. The summed E-state index contributed by atoms with van der Waals surface area (Å²) >= 11 is 3.50. The first-order valence-electron chi connectivity index (χ1n) is 9.01. The number of carbonyl (C=O) groups excluding carboxylic acids is 1. The van der Waals surface area contributed by atoms with Crippen LogP contribution in [0, 0.1) is 5.92 Å². The van der Waals surface area contributed by atoms with Crippen LogP contribution < -0.4 is 0 Å². The maximum absolute atomic E-state index is 13.2. The molecule has 4 nitrogen and oxygen atoms in total. The summed E-state index contributed by atoms with van der Waals surface area (Å²) in [5.74, 6) is -1.00. The molecule has 1 aliphatic carbocycles. The van der Waals surface area contributed by atoms with Crippen molar-refractivity contribution in [3.63, 3.8) is 0 Å². The Morgan fingerprint density at radius 2 is 2.12 bits per heavy atom. The average molecular weight is 448 g/mol. The first-order chi connectivity index (χ1) is 12.0. The zero-order valence-corrected chi connectivity index (χ0v) is 19.2. The van der Waals surface area contributed by atoms with Crippen LogP contribution in [-0.4, -0.2) is 44.6 Å². The van der Waals surface area contributed by atoms with E-state index in [9.17, 15) is 9.18 Å². The van der Waals surface area contributed by atoms with Crippen molar-refractivity contribution in [2.45, 2.75) is 58.4 Å². The fourth-order valence-electron chi connectivity index (χ4n) is 2.25. The van der Waals surface area contributed by atoms with Crippen molar-refractivity contribution < 1.29 is 18.3 Å². The average Bonchev–Trinajstić information content (AvgIpc) is 2.54. The van der Waals surface area contributed by atoms with Gasteiger partial charge in [-0.05, 0) is 43.6 Å². The summed E-state index contributed by atoms with van der Waals surface area (Å²) in [5.41, 5.74) is 0.330. The number of allylic oxidation sites excluding steroid dienone is 4. The SMILES string of the molecule is CCOC(=O)/C(=N/C[C@H](CBr)O[Si](C)(C)C(C)(C)C)C1C=CC(F)=CC1. The maximum atomic E-state index is 13.2. The fourth-order valence-corrected chi connectivity index (χ4v) is 4.17. The number of nitrogens with zero attached hydrogens (tertiary/aromatic N) is 1. The summed E-state index contributed by atoms with van der Waals surface area (Å²) in [5, 5.41) is 0.726. The Kier molecular flexibility index (Phi) is 8.89. The van der Waals surface area contributed by atoms with E-state index in [0.29, 0.717) is 24.0 Å². The zero-order chi connectivity index (χ0) is 20.0. The number of hydrogen-bond donors (Lipinski definition) is 0. The Bertz CT molecular complexity index is 582. The van der Waals surface area contributed by atoms with Crippen molar-refractivity contribution in [2.75, 3.05) is 18.5 Å². The molecule has 0 bridgehead atoms. The number of rotatable bonds is 8. The van der Waals surface area contributed by atoms with Crippen molar-refractivity contribution in [1.29, 1.82) is 0 Å².